The molecule has 1 unspecified atom stereocenters. The number of benzene rings is 2. The first-order valence-corrected chi connectivity index (χ1v) is 8.78. The number of hydrogen-bond acceptors (Lipinski definition) is 2. The molecule has 1 atom stereocenters. The van der Waals surface area contributed by atoms with Gasteiger partial charge in [0.15, 0.2) is 11.6 Å². The molecule has 0 saturated carbocycles. The van der Waals surface area contributed by atoms with E-state index in [4.69, 9.17) is 0 Å². The van der Waals surface area contributed by atoms with Gasteiger partial charge in [0.1, 0.15) is 11.6 Å². The number of carbonyl (C=O) groups is 2. The smallest absolute Gasteiger partial charge is 0.223 e. The predicted molar refractivity (Wildman–Crippen MR) is 92.8 cm³/mol. The van der Waals surface area contributed by atoms with E-state index < -0.39 is 35.2 Å². The van der Waals surface area contributed by atoms with E-state index in [1.54, 1.807) is 0 Å². The molecule has 0 radical (unpaired) electrons. The van der Waals surface area contributed by atoms with Gasteiger partial charge in [-0.1, -0.05) is 18.2 Å². The molecule has 2 aromatic rings. The van der Waals surface area contributed by atoms with Crippen LogP contribution in [-0.4, -0.2) is 22.8 Å². The van der Waals surface area contributed by atoms with Crippen LogP contribution < -0.4 is 5.32 Å². The summed E-state index contributed by atoms with van der Waals surface area (Å²) in [6.07, 6.45) is 0.570. The fraction of sp³-hybridized carbons (Fsp3) is 0.300. The average Bonchev–Trinajstić information content (AvgIpc) is 2.98. The first-order valence-electron chi connectivity index (χ1n) is 8.78. The van der Waals surface area contributed by atoms with Gasteiger partial charge >= 0.3 is 0 Å². The van der Waals surface area contributed by atoms with Crippen molar-refractivity contribution in [3.8, 4) is 0 Å². The highest BCUT2D eigenvalue weighted by atomic mass is 19.2. The Morgan fingerprint density at radius 1 is 1.07 bits per heavy atom. The minimum absolute atomic E-state index is 0.0361. The molecule has 28 heavy (non-hydrogen) atoms. The number of carbonyl (C=O) groups excluding carboxylic acids is 2. The van der Waals surface area contributed by atoms with Crippen LogP contribution in [0.4, 0.5) is 17.6 Å². The molecule has 0 bridgehead atoms. The van der Waals surface area contributed by atoms with Crippen molar-refractivity contribution in [1.29, 1.82) is 0 Å². The lowest BCUT2D eigenvalue weighted by molar-refractivity contribution is -0.130. The van der Waals surface area contributed by atoms with Crippen LogP contribution in [0.25, 0.3) is 0 Å². The first-order chi connectivity index (χ1) is 13.3. The predicted octanol–water partition coefficient (Wildman–Crippen LogP) is 3.44. The van der Waals surface area contributed by atoms with Gasteiger partial charge in [-0.2, -0.15) is 0 Å². The van der Waals surface area contributed by atoms with Gasteiger partial charge in [-0.05, 0) is 18.6 Å². The van der Waals surface area contributed by atoms with Crippen LogP contribution in [0, 0.1) is 23.3 Å². The zero-order valence-corrected chi connectivity index (χ0v) is 14.9. The lowest BCUT2D eigenvalue weighted by Gasteiger charge is -2.25. The maximum absolute atomic E-state index is 13.9. The van der Waals surface area contributed by atoms with Gasteiger partial charge < -0.3 is 10.2 Å². The molecule has 8 heteroatoms. The van der Waals surface area contributed by atoms with Crippen molar-refractivity contribution in [3.63, 3.8) is 0 Å². The molecule has 0 spiro atoms. The maximum atomic E-state index is 13.9. The molecular weight excluding hydrogens is 376 g/mol. The Kier molecular flexibility index (Phi) is 5.96. The Labute approximate surface area is 159 Å². The SMILES string of the molecule is O=C(CC1CCC(=O)N1Cc1cccc(F)c1F)NCc1ccc(F)cc1F. The molecule has 1 heterocycles. The van der Waals surface area contributed by atoms with Crippen molar-refractivity contribution in [1.82, 2.24) is 10.2 Å². The molecule has 1 saturated heterocycles. The minimum atomic E-state index is -1.02. The number of halogens is 4. The number of rotatable bonds is 6. The van der Waals surface area contributed by atoms with E-state index in [-0.39, 0.29) is 43.0 Å². The van der Waals surface area contributed by atoms with Crippen molar-refractivity contribution in [2.75, 3.05) is 0 Å². The highest BCUT2D eigenvalue weighted by Gasteiger charge is 2.33. The number of amides is 2. The second kappa shape index (κ2) is 8.41. The van der Waals surface area contributed by atoms with E-state index >= 15 is 0 Å². The van der Waals surface area contributed by atoms with Crippen molar-refractivity contribution in [2.24, 2.45) is 0 Å². The zero-order valence-electron chi connectivity index (χ0n) is 14.9. The van der Waals surface area contributed by atoms with Crippen molar-refractivity contribution < 1.29 is 27.2 Å². The Hall–Kier alpha value is -2.90. The number of nitrogens with one attached hydrogen (secondary N) is 1. The van der Waals surface area contributed by atoms with Gasteiger partial charge in [0.05, 0.1) is 0 Å². The van der Waals surface area contributed by atoms with E-state index in [1.807, 2.05) is 0 Å². The molecule has 4 nitrogen and oxygen atoms in total. The standard InChI is InChI=1S/C20H18F4N2O2/c21-14-5-4-12(17(23)8-14)10-25-18(27)9-15-6-7-19(28)26(15)11-13-2-1-3-16(22)20(13)24/h1-5,8,15H,6-7,9-11H2,(H,25,27). The maximum Gasteiger partial charge on any atom is 0.223 e. The Bertz CT molecular complexity index is 904. The van der Waals surface area contributed by atoms with E-state index in [2.05, 4.69) is 5.32 Å². The molecule has 2 aromatic carbocycles. The van der Waals surface area contributed by atoms with Gasteiger partial charge in [0.2, 0.25) is 11.8 Å². The molecule has 2 amide bonds. The van der Waals surface area contributed by atoms with E-state index in [1.165, 1.54) is 23.1 Å². The van der Waals surface area contributed by atoms with Crippen molar-refractivity contribution in [3.05, 3.63) is 70.8 Å². The molecular formula is C20H18F4N2O2. The summed E-state index contributed by atoms with van der Waals surface area (Å²) in [6.45, 7) is -0.253. The van der Waals surface area contributed by atoms with Crippen LogP contribution in [-0.2, 0) is 22.7 Å². The first kappa shape index (κ1) is 19.9. The lowest BCUT2D eigenvalue weighted by Crippen LogP contribution is -2.37. The van der Waals surface area contributed by atoms with E-state index in [0.29, 0.717) is 6.42 Å². The summed E-state index contributed by atoms with van der Waals surface area (Å²) >= 11 is 0. The quantitative estimate of drug-likeness (QED) is 0.764. The summed E-state index contributed by atoms with van der Waals surface area (Å²) in [4.78, 5) is 25.7. The summed E-state index contributed by atoms with van der Waals surface area (Å²) in [5, 5.41) is 2.53. The molecule has 3 rings (SSSR count). The van der Waals surface area contributed by atoms with Crippen LogP contribution in [0.3, 0.4) is 0 Å². The van der Waals surface area contributed by atoms with Gasteiger partial charge in [0, 0.05) is 49.2 Å². The number of hydrogen-bond donors (Lipinski definition) is 1. The molecule has 1 N–H and O–H groups in total. The average molecular weight is 394 g/mol. The summed E-state index contributed by atoms with van der Waals surface area (Å²) in [6, 6.07) is 6.33. The largest absolute Gasteiger partial charge is 0.352 e. The third-order valence-corrected chi connectivity index (χ3v) is 4.74. The van der Waals surface area contributed by atoms with Crippen LogP contribution in [0.5, 0.6) is 0 Å². The third kappa shape index (κ3) is 4.49. The van der Waals surface area contributed by atoms with Crippen LogP contribution in [0.15, 0.2) is 36.4 Å². The van der Waals surface area contributed by atoms with E-state index in [9.17, 15) is 27.2 Å². The Morgan fingerprint density at radius 2 is 1.86 bits per heavy atom. The summed E-state index contributed by atoms with van der Waals surface area (Å²) in [7, 11) is 0. The highest BCUT2D eigenvalue weighted by molar-refractivity contribution is 5.82. The normalized spacial score (nSPS) is 16.5. The second-order valence-corrected chi connectivity index (χ2v) is 6.64. The Morgan fingerprint density at radius 3 is 2.61 bits per heavy atom. The fourth-order valence-electron chi connectivity index (χ4n) is 3.22. The molecule has 1 aliphatic heterocycles. The number of likely N-dealkylation sites (tertiary alicyclic amines) is 1. The van der Waals surface area contributed by atoms with Crippen molar-refractivity contribution >= 4 is 11.8 Å². The van der Waals surface area contributed by atoms with E-state index in [0.717, 1.165) is 18.2 Å². The molecule has 0 aromatic heterocycles. The fourth-order valence-corrected chi connectivity index (χ4v) is 3.22. The van der Waals surface area contributed by atoms with Gasteiger partial charge in [0.25, 0.3) is 0 Å². The monoisotopic (exact) mass is 394 g/mol. The van der Waals surface area contributed by atoms with Crippen LogP contribution in [0.1, 0.15) is 30.4 Å². The lowest BCUT2D eigenvalue weighted by atomic mass is 10.1. The minimum Gasteiger partial charge on any atom is -0.352 e. The Balaban J connectivity index is 1.61. The third-order valence-electron chi connectivity index (χ3n) is 4.74. The van der Waals surface area contributed by atoms with Crippen LogP contribution in [0.2, 0.25) is 0 Å². The molecule has 1 aliphatic rings. The van der Waals surface area contributed by atoms with Gasteiger partial charge in [-0.15, -0.1) is 0 Å². The molecule has 1 fully saturated rings. The summed E-state index contributed by atoms with van der Waals surface area (Å²) in [5.74, 6) is -4.16. The zero-order chi connectivity index (χ0) is 20.3. The van der Waals surface area contributed by atoms with Crippen LogP contribution >= 0.6 is 0 Å². The molecule has 0 aliphatic carbocycles. The summed E-state index contributed by atoms with van der Waals surface area (Å²) < 4.78 is 53.8. The van der Waals surface area contributed by atoms with Gasteiger partial charge in [-0.3, -0.25) is 9.59 Å². The van der Waals surface area contributed by atoms with Crippen molar-refractivity contribution in [2.45, 2.75) is 38.4 Å². The second-order valence-electron chi connectivity index (χ2n) is 6.64. The number of nitrogens with zero attached hydrogens (tertiary/aromatic N) is 1. The highest BCUT2D eigenvalue weighted by Crippen LogP contribution is 2.25. The van der Waals surface area contributed by atoms with Gasteiger partial charge in [-0.25, -0.2) is 17.6 Å². The molecule has 148 valence electrons. The summed E-state index contributed by atoms with van der Waals surface area (Å²) in [5.41, 5.74) is 0.171. The topological polar surface area (TPSA) is 49.4 Å².